The minimum Gasteiger partial charge on any atom is -0.308 e. The van der Waals surface area contributed by atoms with Gasteiger partial charge in [-0.3, -0.25) is 0 Å². The summed E-state index contributed by atoms with van der Waals surface area (Å²) >= 11 is 0. The van der Waals surface area contributed by atoms with Crippen LogP contribution < -0.4 is 20.2 Å². The van der Waals surface area contributed by atoms with Gasteiger partial charge in [0.05, 0.1) is 11.4 Å². The van der Waals surface area contributed by atoms with Crippen molar-refractivity contribution in [3.05, 3.63) is 278 Å². The highest BCUT2D eigenvalue weighted by molar-refractivity contribution is 7.03. The maximum Gasteiger partial charge on any atom is 0.155 e. The summed E-state index contributed by atoms with van der Waals surface area (Å²) in [6.07, 6.45) is 0. The molecule has 1 aliphatic heterocycles. The standard InChI is InChI=1S/C78H66F2N2Si/c1-77(2,3)58-33-38-60(39-34-58)81(70-47-56(51-22-13-9-14-23-51)45-67(75(70)79)53-26-17-11-18-27-53)62-37-32-55-44-69-64-43-42-63(50-73(64)83(7,8)72-31-21-30-65(74(69)72)66(55)49-62)82(61-40-35-59(36-41-61)78(4,5)6)71-48-57(52-24-15-10-16-25-52)46-68(76(71)80)54-28-19-12-20-29-54/h9-50H,1-8H3. The minimum atomic E-state index is -2.53. The van der Waals surface area contributed by atoms with Gasteiger partial charge in [0.25, 0.3) is 0 Å². The summed E-state index contributed by atoms with van der Waals surface area (Å²) in [5, 5.41) is 7.23. The summed E-state index contributed by atoms with van der Waals surface area (Å²) in [6, 6.07) is 88.3. The van der Waals surface area contributed by atoms with Crippen LogP contribution in [0.25, 0.3) is 77.2 Å². The Morgan fingerprint density at radius 1 is 0.313 bits per heavy atom. The van der Waals surface area contributed by atoms with Crippen molar-refractivity contribution >= 4 is 74.1 Å². The fraction of sp³-hybridized carbons (Fsp3) is 0.128. The van der Waals surface area contributed by atoms with Gasteiger partial charge in [-0.2, -0.15) is 0 Å². The van der Waals surface area contributed by atoms with Gasteiger partial charge < -0.3 is 9.80 Å². The molecule has 1 aliphatic rings. The predicted octanol–water partition coefficient (Wildman–Crippen LogP) is 21.3. The fourth-order valence-electron chi connectivity index (χ4n) is 12.5. The van der Waals surface area contributed by atoms with Crippen molar-refractivity contribution in [2.45, 2.75) is 65.5 Å². The van der Waals surface area contributed by atoms with E-state index in [2.05, 4.69) is 198 Å². The van der Waals surface area contributed by atoms with Crippen LogP contribution in [-0.2, 0) is 10.8 Å². The lowest BCUT2D eigenvalue weighted by Gasteiger charge is -2.36. The molecular weight excluding hydrogens is 1030 g/mol. The highest BCUT2D eigenvalue weighted by Gasteiger charge is 2.37. The molecule has 0 unspecified atom stereocenters. The lowest BCUT2D eigenvalue weighted by atomic mass is 9.87. The molecule has 5 heteroatoms. The molecule has 0 amide bonds. The maximum atomic E-state index is 18.0. The van der Waals surface area contributed by atoms with Gasteiger partial charge in [0.15, 0.2) is 11.6 Å². The Kier molecular flexibility index (Phi) is 13.2. The third-order valence-electron chi connectivity index (χ3n) is 17.1. The molecule has 0 radical (unpaired) electrons. The molecule has 0 N–H and O–H groups in total. The summed E-state index contributed by atoms with van der Waals surface area (Å²) in [4.78, 5) is 4.24. The van der Waals surface area contributed by atoms with Crippen molar-refractivity contribution in [1.29, 1.82) is 0 Å². The van der Waals surface area contributed by atoms with Gasteiger partial charge in [0.2, 0.25) is 0 Å². The molecule has 0 bridgehead atoms. The highest BCUT2D eigenvalue weighted by Crippen LogP contribution is 2.48. The maximum absolute atomic E-state index is 18.0. The van der Waals surface area contributed by atoms with Crippen molar-refractivity contribution in [2.75, 3.05) is 9.80 Å². The van der Waals surface area contributed by atoms with Gasteiger partial charge in [-0.05, 0) is 177 Å². The molecule has 406 valence electrons. The minimum absolute atomic E-state index is 0.0688. The Morgan fingerprint density at radius 2 is 0.735 bits per heavy atom. The normalized spacial score (nSPS) is 12.8. The van der Waals surface area contributed by atoms with Gasteiger partial charge in [-0.25, -0.2) is 8.78 Å². The number of anilines is 6. The molecule has 0 fully saturated rings. The number of hydrogen-bond acceptors (Lipinski definition) is 2. The van der Waals surface area contributed by atoms with Crippen molar-refractivity contribution < 1.29 is 8.78 Å². The van der Waals surface area contributed by atoms with Gasteiger partial charge >= 0.3 is 0 Å². The SMILES string of the molecule is CC(C)(C)c1ccc(N(c2ccc3c(c2)[Si](C)(C)c2cccc4c2c-3cc2ccc(N(c3ccc(C(C)(C)C)cc3)c3cc(-c5ccccc5)cc(-c5ccccc5)c3F)cc24)c2cc(-c3ccccc3)cc(-c3ccccc3)c2F)cc1. The van der Waals surface area contributed by atoms with E-state index in [9.17, 15) is 0 Å². The zero-order valence-electron chi connectivity index (χ0n) is 48.4. The van der Waals surface area contributed by atoms with Gasteiger partial charge in [-0.1, -0.05) is 231 Å². The average molecular weight is 1100 g/mol. The second-order valence-corrected chi connectivity index (χ2v) is 29.2. The van der Waals surface area contributed by atoms with E-state index in [0.29, 0.717) is 22.5 Å². The van der Waals surface area contributed by atoms with Gasteiger partial charge in [-0.15, -0.1) is 0 Å². The fourth-order valence-corrected chi connectivity index (χ4v) is 15.6. The first-order chi connectivity index (χ1) is 40.0. The Balaban J connectivity index is 0.999. The molecule has 2 nitrogen and oxygen atoms in total. The van der Waals surface area contributed by atoms with Crippen LogP contribution in [-0.4, -0.2) is 8.07 Å². The van der Waals surface area contributed by atoms with E-state index in [4.69, 9.17) is 0 Å². The first-order valence-electron chi connectivity index (χ1n) is 28.9. The second-order valence-electron chi connectivity index (χ2n) is 24.9. The Labute approximate surface area is 488 Å². The largest absolute Gasteiger partial charge is 0.308 e. The average Bonchev–Trinajstić information content (AvgIpc) is 1.69. The van der Waals surface area contributed by atoms with Gasteiger partial charge in [0.1, 0.15) is 8.07 Å². The first kappa shape index (κ1) is 53.2. The van der Waals surface area contributed by atoms with E-state index in [-0.39, 0.29) is 22.5 Å². The molecule has 83 heavy (non-hydrogen) atoms. The number of hydrogen-bond donors (Lipinski definition) is 0. The smallest absolute Gasteiger partial charge is 0.155 e. The topological polar surface area (TPSA) is 6.48 Å². The number of benzene rings is 12. The van der Waals surface area contributed by atoms with Crippen molar-refractivity contribution in [1.82, 2.24) is 0 Å². The van der Waals surface area contributed by atoms with E-state index in [1.54, 1.807) is 0 Å². The molecule has 12 aromatic rings. The van der Waals surface area contributed by atoms with E-state index < -0.39 is 8.07 Å². The third kappa shape index (κ3) is 9.63. The van der Waals surface area contributed by atoms with E-state index >= 15 is 8.78 Å². The predicted molar refractivity (Wildman–Crippen MR) is 352 cm³/mol. The quantitative estimate of drug-likeness (QED) is 0.0995. The zero-order chi connectivity index (χ0) is 57.4. The van der Waals surface area contributed by atoms with Crippen molar-refractivity contribution in [3.63, 3.8) is 0 Å². The molecule has 12 aromatic carbocycles. The molecule has 1 heterocycles. The van der Waals surface area contributed by atoms with Crippen LogP contribution in [0.1, 0.15) is 52.7 Å². The van der Waals surface area contributed by atoms with Crippen molar-refractivity contribution in [3.8, 4) is 55.6 Å². The summed E-state index contributed by atoms with van der Waals surface area (Å²) in [5.74, 6) is -0.574. The number of halogens is 2. The number of nitrogens with zero attached hydrogens (tertiary/aromatic N) is 2. The van der Waals surface area contributed by atoms with E-state index in [1.807, 2.05) is 121 Å². The molecule has 0 spiro atoms. The van der Waals surface area contributed by atoms with Crippen LogP contribution in [0.3, 0.4) is 0 Å². The number of fused-ring (bicyclic) bond motifs is 4. The Hall–Kier alpha value is -9.16. The summed E-state index contributed by atoms with van der Waals surface area (Å²) in [5.41, 5.74) is 15.7. The van der Waals surface area contributed by atoms with Crippen LogP contribution >= 0.6 is 0 Å². The van der Waals surface area contributed by atoms with E-state index in [0.717, 1.165) is 72.3 Å². The highest BCUT2D eigenvalue weighted by atomic mass is 28.3. The lowest BCUT2D eigenvalue weighted by Crippen LogP contribution is -2.56. The monoisotopic (exact) mass is 1100 g/mol. The van der Waals surface area contributed by atoms with Crippen LogP contribution in [0, 0.1) is 11.6 Å². The first-order valence-corrected chi connectivity index (χ1v) is 31.9. The molecule has 0 aliphatic carbocycles. The lowest BCUT2D eigenvalue weighted by molar-refractivity contribution is 0.590. The molecule has 0 saturated carbocycles. The van der Waals surface area contributed by atoms with Crippen LogP contribution in [0.4, 0.5) is 42.9 Å². The molecular formula is C78H66F2N2Si. The van der Waals surface area contributed by atoms with Crippen LogP contribution in [0.5, 0.6) is 0 Å². The van der Waals surface area contributed by atoms with Crippen LogP contribution in [0.15, 0.2) is 255 Å². The van der Waals surface area contributed by atoms with E-state index in [1.165, 1.54) is 38.0 Å². The van der Waals surface area contributed by atoms with Crippen LogP contribution in [0.2, 0.25) is 13.1 Å². The van der Waals surface area contributed by atoms with Crippen molar-refractivity contribution in [2.24, 2.45) is 0 Å². The molecule has 0 atom stereocenters. The molecule has 13 rings (SSSR count). The molecule has 0 saturated heterocycles. The Bertz CT molecular complexity index is 4410. The summed E-state index contributed by atoms with van der Waals surface area (Å²) in [6.45, 7) is 18.2. The summed E-state index contributed by atoms with van der Waals surface area (Å²) in [7, 11) is -2.53. The number of rotatable bonds is 10. The Morgan fingerprint density at radius 3 is 1.19 bits per heavy atom. The van der Waals surface area contributed by atoms with Gasteiger partial charge in [0, 0.05) is 33.9 Å². The second kappa shape index (κ2) is 20.7. The third-order valence-corrected chi connectivity index (χ3v) is 20.6. The zero-order valence-corrected chi connectivity index (χ0v) is 49.4. The summed E-state index contributed by atoms with van der Waals surface area (Å²) < 4.78 is 36.0. The molecule has 0 aromatic heterocycles.